The molecule has 0 aromatic rings. The van der Waals surface area contributed by atoms with Gasteiger partial charge in [-0.15, -0.1) is 0 Å². The molecule has 0 unspecified atom stereocenters. The maximum atomic E-state index is 12.3. The van der Waals surface area contributed by atoms with Crippen molar-refractivity contribution in [3.8, 4) is 0 Å². The lowest BCUT2D eigenvalue weighted by molar-refractivity contribution is -0.144. The number of rotatable bonds is 22. The van der Waals surface area contributed by atoms with Crippen molar-refractivity contribution < 1.29 is 41.9 Å². The SMILES string of the molecule is CCOC(=O)CCN1CCCN(CCC[Si](OCC)(OCC)OCC)CCN(CCC(=O)OCC)CCN(CCC(=O)OCC)CC1. The van der Waals surface area contributed by atoms with Crippen LogP contribution >= 0.6 is 0 Å². The molecule has 0 spiro atoms. The van der Waals surface area contributed by atoms with Crippen molar-refractivity contribution in [3.63, 3.8) is 0 Å². The molecule has 0 radical (unpaired) electrons. The second kappa shape index (κ2) is 27.2. The van der Waals surface area contributed by atoms with Crippen molar-refractivity contribution in [2.24, 2.45) is 0 Å². The Morgan fingerprint density at radius 2 is 0.787 bits per heavy atom. The van der Waals surface area contributed by atoms with Crippen LogP contribution in [0.4, 0.5) is 0 Å². The Morgan fingerprint density at radius 3 is 1.11 bits per heavy atom. The average molecular weight is 691 g/mol. The summed E-state index contributed by atoms with van der Waals surface area (Å²) in [6, 6.07) is 0.757. The first-order valence-electron chi connectivity index (χ1n) is 18.0. The smallest absolute Gasteiger partial charge is 0.466 e. The highest BCUT2D eigenvalue weighted by atomic mass is 28.4. The lowest BCUT2D eigenvalue weighted by atomic mass is 10.3. The van der Waals surface area contributed by atoms with Crippen LogP contribution in [0.25, 0.3) is 0 Å². The molecular weight excluding hydrogens is 624 g/mol. The molecule has 1 heterocycles. The van der Waals surface area contributed by atoms with Crippen molar-refractivity contribution in [3.05, 3.63) is 0 Å². The third-order valence-electron chi connectivity index (χ3n) is 8.01. The largest absolute Gasteiger partial charge is 0.500 e. The van der Waals surface area contributed by atoms with E-state index in [4.69, 9.17) is 27.5 Å². The molecule has 0 N–H and O–H groups in total. The fraction of sp³-hybridized carbons (Fsp3) is 0.909. The number of ether oxygens (including phenoxy) is 3. The van der Waals surface area contributed by atoms with Gasteiger partial charge >= 0.3 is 26.7 Å². The van der Waals surface area contributed by atoms with E-state index in [-0.39, 0.29) is 17.9 Å². The molecule has 1 saturated heterocycles. The predicted octanol–water partition coefficient (Wildman–Crippen LogP) is 2.90. The summed E-state index contributed by atoms with van der Waals surface area (Å²) in [5, 5.41) is 0. The second-order valence-electron chi connectivity index (χ2n) is 11.5. The Morgan fingerprint density at radius 1 is 0.468 bits per heavy atom. The summed E-state index contributed by atoms with van der Waals surface area (Å²) < 4.78 is 33.9. The Bertz CT molecular complexity index is 825. The first kappa shape index (κ1) is 43.4. The number of carbonyl (C=O) groups is 3. The van der Waals surface area contributed by atoms with Crippen LogP contribution in [0.3, 0.4) is 0 Å². The first-order valence-corrected chi connectivity index (χ1v) is 20.0. The molecule has 0 saturated carbocycles. The van der Waals surface area contributed by atoms with Crippen LogP contribution in [0.15, 0.2) is 0 Å². The fourth-order valence-electron chi connectivity index (χ4n) is 5.68. The van der Waals surface area contributed by atoms with Crippen LogP contribution < -0.4 is 0 Å². The standard InChI is InChI=1S/C33H66N4O9Si/c1-7-41-31(38)15-21-35-19-13-18-34(20-14-30-47(44-10-4,45-11-5)46-12-6)24-26-36(22-16-32(39)42-8-2)28-29-37(27-25-35)23-17-33(40)43-9-3/h7-30H2,1-6H3. The van der Waals surface area contributed by atoms with Crippen molar-refractivity contribution in [2.75, 3.05) is 118 Å². The molecule has 1 aliphatic rings. The summed E-state index contributed by atoms with van der Waals surface area (Å²) in [6.45, 7) is 23.4. The number of hydrogen-bond donors (Lipinski definition) is 0. The van der Waals surface area contributed by atoms with Gasteiger partial charge < -0.3 is 47.1 Å². The van der Waals surface area contributed by atoms with Crippen LogP contribution in [0.2, 0.25) is 6.04 Å². The van der Waals surface area contributed by atoms with Crippen LogP contribution in [-0.4, -0.2) is 164 Å². The van der Waals surface area contributed by atoms with Crippen LogP contribution in [0.1, 0.15) is 73.6 Å². The van der Waals surface area contributed by atoms with E-state index in [0.29, 0.717) is 78.5 Å². The van der Waals surface area contributed by atoms with E-state index in [1.165, 1.54) is 0 Å². The minimum Gasteiger partial charge on any atom is -0.466 e. The molecular formula is C33H66N4O9Si. The van der Waals surface area contributed by atoms with Gasteiger partial charge in [0.05, 0.1) is 39.1 Å². The molecule has 13 nitrogen and oxygen atoms in total. The van der Waals surface area contributed by atoms with Gasteiger partial charge in [-0.25, -0.2) is 0 Å². The van der Waals surface area contributed by atoms with Gasteiger partial charge in [0.25, 0.3) is 0 Å². The zero-order valence-electron chi connectivity index (χ0n) is 30.4. The van der Waals surface area contributed by atoms with E-state index in [9.17, 15) is 14.4 Å². The molecule has 1 fully saturated rings. The van der Waals surface area contributed by atoms with E-state index in [2.05, 4.69) is 19.6 Å². The van der Waals surface area contributed by atoms with Gasteiger partial charge in [0, 0.05) is 84.8 Å². The Hall–Kier alpha value is -1.65. The number of esters is 3. The summed E-state index contributed by atoms with van der Waals surface area (Å²) in [5.41, 5.74) is 0. The molecule has 0 amide bonds. The minimum atomic E-state index is -2.74. The van der Waals surface area contributed by atoms with E-state index in [1.807, 2.05) is 41.5 Å². The molecule has 0 aromatic heterocycles. The summed E-state index contributed by atoms with van der Waals surface area (Å²) >= 11 is 0. The zero-order chi connectivity index (χ0) is 34.8. The Labute approximate surface area is 285 Å². The topological polar surface area (TPSA) is 120 Å². The molecule has 0 aromatic carbocycles. The monoisotopic (exact) mass is 690 g/mol. The Balaban J connectivity index is 3.11. The highest BCUT2D eigenvalue weighted by Crippen LogP contribution is 2.19. The van der Waals surface area contributed by atoms with Gasteiger partial charge in [-0.05, 0) is 74.0 Å². The molecule has 47 heavy (non-hydrogen) atoms. The number of nitrogens with zero attached hydrogens (tertiary/aromatic N) is 4. The normalized spacial score (nSPS) is 17.0. The van der Waals surface area contributed by atoms with E-state index in [0.717, 1.165) is 77.8 Å². The molecule has 0 aliphatic carbocycles. The highest BCUT2D eigenvalue weighted by molar-refractivity contribution is 6.60. The zero-order valence-corrected chi connectivity index (χ0v) is 31.4. The van der Waals surface area contributed by atoms with Crippen LogP contribution in [0.5, 0.6) is 0 Å². The minimum absolute atomic E-state index is 0.181. The molecule has 1 rings (SSSR count). The van der Waals surface area contributed by atoms with E-state index >= 15 is 0 Å². The van der Waals surface area contributed by atoms with Crippen molar-refractivity contribution >= 4 is 26.7 Å². The van der Waals surface area contributed by atoms with Crippen LogP contribution in [0, 0.1) is 0 Å². The van der Waals surface area contributed by atoms with Gasteiger partial charge in [0.15, 0.2) is 0 Å². The molecule has 0 atom stereocenters. The van der Waals surface area contributed by atoms with E-state index < -0.39 is 8.80 Å². The third kappa shape index (κ3) is 20.5. The summed E-state index contributed by atoms with van der Waals surface area (Å²) in [6.07, 6.45) is 2.84. The van der Waals surface area contributed by atoms with E-state index in [1.54, 1.807) is 0 Å². The maximum Gasteiger partial charge on any atom is 0.500 e. The van der Waals surface area contributed by atoms with Gasteiger partial charge in [-0.2, -0.15) is 0 Å². The summed E-state index contributed by atoms with van der Waals surface area (Å²) in [4.78, 5) is 46.1. The molecule has 0 bridgehead atoms. The van der Waals surface area contributed by atoms with Gasteiger partial charge in [0.2, 0.25) is 0 Å². The second-order valence-corrected chi connectivity index (χ2v) is 14.2. The maximum absolute atomic E-state index is 12.3. The highest BCUT2D eigenvalue weighted by Gasteiger charge is 2.39. The third-order valence-corrected chi connectivity index (χ3v) is 11.2. The lowest BCUT2D eigenvalue weighted by Crippen LogP contribution is -2.46. The summed E-state index contributed by atoms with van der Waals surface area (Å²) in [7, 11) is -2.74. The van der Waals surface area contributed by atoms with Gasteiger partial charge in [0.1, 0.15) is 0 Å². The predicted molar refractivity (Wildman–Crippen MR) is 184 cm³/mol. The lowest BCUT2D eigenvalue weighted by Gasteiger charge is -2.31. The average Bonchev–Trinajstić information content (AvgIpc) is 3.05. The van der Waals surface area contributed by atoms with Crippen molar-refractivity contribution in [2.45, 2.75) is 79.7 Å². The quantitative estimate of drug-likeness (QED) is 0.0942. The van der Waals surface area contributed by atoms with Gasteiger partial charge in [-0.3, -0.25) is 14.4 Å². The Kier molecular flexibility index (Phi) is 25.1. The summed E-state index contributed by atoms with van der Waals surface area (Å²) in [5.74, 6) is -0.568. The first-order chi connectivity index (χ1) is 22.7. The van der Waals surface area contributed by atoms with Crippen molar-refractivity contribution in [1.82, 2.24) is 19.6 Å². The number of carbonyl (C=O) groups excluding carboxylic acids is 3. The van der Waals surface area contributed by atoms with Gasteiger partial charge in [-0.1, -0.05) is 0 Å². The molecule has 14 heteroatoms. The molecule has 276 valence electrons. The van der Waals surface area contributed by atoms with Crippen molar-refractivity contribution in [1.29, 1.82) is 0 Å². The number of hydrogen-bond acceptors (Lipinski definition) is 13. The van der Waals surface area contributed by atoms with Crippen LogP contribution in [-0.2, 0) is 41.9 Å². The molecule has 1 aliphatic heterocycles. The fourth-order valence-corrected chi connectivity index (χ4v) is 8.27.